The van der Waals surface area contributed by atoms with Crippen LogP contribution in [0, 0.1) is 5.92 Å². The van der Waals surface area contributed by atoms with Crippen molar-refractivity contribution in [1.82, 2.24) is 0 Å². The Morgan fingerprint density at radius 3 is 1.91 bits per heavy atom. The molecule has 164 valence electrons. The van der Waals surface area contributed by atoms with Crippen LogP contribution in [0.4, 0.5) is 0 Å². The van der Waals surface area contributed by atoms with Gasteiger partial charge in [0.05, 0.1) is 23.7 Å². The third-order valence-corrected chi connectivity index (χ3v) is 9.57. The summed E-state index contributed by atoms with van der Waals surface area (Å²) in [6, 6.07) is 23.6. The number of hydrogen-bond donors (Lipinski definition) is 0. The van der Waals surface area contributed by atoms with E-state index in [1.807, 2.05) is 12.1 Å². The molecule has 0 radical (unpaired) electrons. The lowest BCUT2D eigenvalue weighted by Crippen LogP contribution is -2.23. The molecule has 3 aromatic carbocycles. The summed E-state index contributed by atoms with van der Waals surface area (Å²) >= 11 is 0. The van der Waals surface area contributed by atoms with E-state index in [2.05, 4.69) is 82.3 Å². The van der Waals surface area contributed by atoms with Crippen molar-refractivity contribution in [2.24, 2.45) is 5.92 Å². The fourth-order valence-electron chi connectivity index (χ4n) is 4.84. The molecule has 1 atom stereocenters. The summed E-state index contributed by atoms with van der Waals surface area (Å²) < 4.78 is 11.1. The molecule has 32 heavy (non-hydrogen) atoms. The van der Waals surface area contributed by atoms with E-state index in [-0.39, 0.29) is 0 Å². The zero-order valence-electron chi connectivity index (χ0n) is 20.0. The molecule has 0 heterocycles. The van der Waals surface area contributed by atoms with E-state index in [0.29, 0.717) is 5.92 Å². The molecule has 3 aromatic rings. The monoisotopic (exact) mass is 440 g/mol. The minimum Gasteiger partial charge on any atom is -0.497 e. The summed E-state index contributed by atoms with van der Waals surface area (Å²) in [7, 11) is 2.79. The van der Waals surface area contributed by atoms with Gasteiger partial charge >= 0.3 is 0 Å². The average molecular weight is 441 g/mol. The van der Waals surface area contributed by atoms with Crippen molar-refractivity contribution < 1.29 is 9.47 Å². The Bertz CT molecular complexity index is 1220. The maximum absolute atomic E-state index is 5.57. The van der Waals surface area contributed by atoms with Crippen LogP contribution >= 0.6 is 0 Å². The summed E-state index contributed by atoms with van der Waals surface area (Å²) in [6.45, 7) is 9.25. The first-order chi connectivity index (χ1) is 15.4. The molecule has 0 bridgehead atoms. The van der Waals surface area contributed by atoms with Crippen LogP contribution in [0.25, 0.3) is 22.3 Å². The maximum atomic E-state index is 5.57. The molecule has 1 aliphatic carbocycles. The van der Waals surface area contributed by atoms with Crippen LogP contribution < -0.4 is 14.7 Å². The Kier molecular flexibility index (Phi) is 6.38. The van der Waals surface area contributed by atoms with Gasteiger partial charge in [0.25, 0.3) is 0 Å². The van der Waals surface area contributed by atoms with Crippen LogP contribution in [0.1, 0.15) is 27.7 Å². The number of hydrogen-bond acceptors (Lipinski definition) is 2. The topological polar surface area (TPSA) is 18.5 Å². The van der Waals surface area contributed by atoms with Gasteiger partial charge in [-0.05, 0) is 78.8 Å². The first kappa shape index (κ1) is 22.2. The second-order valence-corrected chi connectivity index (χ2v) is 10.5. The van der Waals surface area contributed by atoms with Gasteiger partial charge in [-0.1, -0.05) is 70.9 Å². The van der Waals surface area contributed by atoms with Gasteiger partial charge in [0.1, 0.15) is 11.5 Å². The molecule has 0 saturated heterocycles. The Hall–Kier alpha value is -3.04. The van der Waals surface area contributed by atoms with E-state index >= 15 is 0 Å². The van der Waals surface area contributed by atoms with E-state index in [0.717, 1.165) is 11.5 Å². The lowest BCUT2D eigenvalue weighted by molar-refractivity contribution is 0.415. The van der Waals surface area contributed by atoms with Crippen LogP contribution in [0.3, 0.4) is 0 Å². The van der Waals surface area contributed by atoms with Crippen molar-refractivity contribution >= 4 is 14.7 Å². The number of ether oxygens (including phenoxy) is 2. The summed E-state index contributed by atoms with van der Waals surface area (Å²) in [5.41, 5.74) is 9.45. The van der Waals surface area contributed by atoms with E-state index in [1.54, 1.807) is 19.4 Å². The normalized spacial score (nSPS) is 16.4. The molecule has 0 fully saturated rings. The first-order valence-electron chi connectivity index (χ1n) is 11.2. The van der Waals surface area contributed by atoms with E-state index in [1.165, 1.54) is 44.2 Å². The third kappa shape index (κ3) is 4.05. The van der Waals surface area contributed by atoms with Gasteiger partial charge in [-0.2, -0.15) is 0 Å². The second-order valence-electron chi connectivity index (χ2n) is 8.66. The number of rotatable bonds is 6. The van der Waals surface area contributed by atoms with Gasteiger partial charge in [0, 0.05) is 0 Å². The molecule has 0 spiro atoms. The molecule has 3 heteroatoms. The van der Waals surface area contributed by atoms with Gasteiger partial charge in [0.15, 0.2) is 0 Å². The highest BCUT2D eigenvalue weighted by atomic mass is 28.2. The largest absolute Gasteiger partial charge is 0.497 e. The molecular weight excluding hydrogens is 408 g/mol. The summed E-state index contributed by atoms with van der Waals surface area (Å²) in [4.78, 5) is 0. The number of allylic oxidation sites excluding steroid dienone is 4. The van der Waals surface area contributed by atoms with Gasteiger partial charge in [-0.3, -0.25) is 0 Å². The fraction of sp³-hybridized carbons (Fsp3) is 0.241. The lowest BCUT2D eigenvalue weighted by Gasteiger charge is -2.19. The molecule has 0 aliphatic heterocycles. The summed E-state index contributed by atoms with van der Waals surface area (Å²) in [5.74, 6) is 2.30. The molecule has 4 rings (SSSR count). The highest BCUT2D eigenvalue weighted by Crippen LogP contribution is 2.38. The van der Waals surface area contributed by atoms with Crippen LogP contribution in [-0.2, 0) is 0 Å². The molecule has 1 aliphatic rings. The highest BCUT2D eigenvalue weighted by Gasteiger charge is 2.25. The molecule has 0 amide bonds. The zero-order valence-corrected chi connectivity index (χ0v) is 21.4. The third-order valence-electron chi connectivity index (χ3n) is 7.08. The van der Waals surface area contributed by atoms with Crippen molar-refractivity contribution in [3.63, 3.8) is 0 Å². The highest BCUT2D eigenvalue weighted by molar-refractivity contribution is 6.63. The van der Waals surface area contributed by atoms with Crippen molar-refractivity contribution in [3.8, 4) is 33.8 Å². The minimum atomic E-state index is -0.660. The zero-order chi connectivity index (χ0) is 22.8. The Labute approximate surface area is 194 Å². The summed E-state index contributed by atoms with van der Waals surface area (Å²) in [5, 5.41) is 3.13. The maximum Gasteiger partial charge on any atom is 0.119 e. The molecule has 2 nitrogen and oxygen atoms in total. The SMILES string of the molecule is COc1cccc(-c2cccc([SiH2]C3=C(C)C(C)=C(C)C3C)c2-c2cccc(OC)c2)c1. The van der Waals surface area contributed by atoms with Gasteiger partial charge in [0.2, 0.25) is 0 Å². The Morgan fingerprint density at radius 2 is 1.31 bits per heavy atom. The molecular formula is C29H32O2Si. The molecule has 0 saturated carbocycles. The average Bonchev–Trinajstić information content (AvgIpc) is 3.01. The van der Waals surface area contributed by atoms with E-state index in [4.69, 9.17) is 9.47 Å². The quantitative estimate of drug-likeness (QED) is 0.432. The molecule has 0 N–H and O–H groups in total. The van der Waals surface area contributed by atoms with Gasteiger partial charge in [-0.25, -0.2) is 0 Å². The predicted octanol–water partition coefficient (Wildman–Crippen LogP) is 6.09. The van der Waals surface area contributed by atoms with Crippen LogP contribution in [0.5, 0.6) is 11.5 Å². The van der Waals surface area contributed by atoms with Crippen molar-refractivity contribution in [2.45, 2.75) is 27.7 Å². The Morgan fingerprint density at radius 1 is 0.719 bits per heavy atom. The Balaban J connectivity index is 1.91. The number of methoxy groups -OCH3 is 2. The van der Waals surface area contributed by atoms with Gasteiger partial charge in [-0.15, -0.1) is 0 Å². The summed E-state index contributed by atoms with van der Waals surface area (Å²) in [6.07, 6.45) is 0. The van der Waals surface area contributed by atoms with Crippen molar-refractivity contribution in [1.29, 1.82) is 0 Å². The van der Waals surface area contributed by atoms with Crippen LogP contribution in [-0.4, -0.2) is 23.7 Å². The van der Waals surface area contributed by atoms with Crippen molar-refractivity contribution in [3.05, 3.63) is 88.6 Å². The lowest BCUT2D eigenvalue weighted by atomic mass is 9.94. The van der Waals surface area contributed by atoms with E-state index < -0.39 is 9.52 Å². The van der Waals surface area contributed by atoms with Crippen molar-refractivity contribution in [2.75, 3.05) is 14.2 Å². The molecule has 0 aromatic heterocycles. The smallest absolute Gasteiger partial charge is 0.119 e. The predicted molar refractivity (Wildman–Crippen MR) is 139 cm³/mol. The standard InChI is InChI=1S/C29H32O2Si/c1-18-19(2)21(4)29(20(18)3)32-27-15-9-14-26(22-10-7-12-24(16-22)30-5)28(27)23-11-8-13-25(17-23)31-6/h7-17,20H,32H2,1-6H3. The van der Waals surface area contributed by atoms with E-state index in [9.17, 15) is 0 Å². The van der Waals surface area contributed by atoms with Crippen LogP contribution in [0.2, 0.25) is 0 Å². The molecule has 1 unspecified atom stereocenters. The van der Waals surface area contributed by atoms with Crippen LogP contribution in [0.15, 0.2) is 88.6 Å². The minimum absolute atomic E-state index is 0.542. The second kappa shape index (κ2) is 9.21. The first-order valence-corrected chi connectivity index (χ1v) is 12.6. The number of benzene rings is 3. The fourth-order valence-corrected chi connectivity index (χ4v) is 7.21. The van der Waals surface area contributed by atoms with Gasteiger partial charge < -0.3 is 9.47 Å².